The van der Waals surface area contributed by atoms with Gasteiger partial charge in [-0.2, -0.15) is 0 Å². The van der Waals surface area contributed by atoms with Crippen LogP contribution < -0.4 is 5.32 Å². The number of likely N-dealkylation sites (tertiary alicyclic amines) is 1. The highest BCUT2D eigenvalue weighted by Crippen LogP contribution is 2.18. The van der Waals surface area contributed by atoms with Crippen molar-refractivity contribution in [3.63, 3.8) is 0 Å². The lowest BCUT2D eigenvalue weighted by Crippen LogP contribution is -2.53. The summed E-state index contributed by atoms with van der Waals surface area (Å²) < 4.78 is 0. The van der Waals surface area contributed by atoms with Crippen LogP contribution in [-0.2, 0) is 4.79 Å². The largest absolute Gasteiger partial charge is 0.356 e. The summed E-state index contributed by atoms with van der Waals surface area (Å²) in [5, 5.41) is 2.88. The molecule has 0 aliphatic carbocycles. The molecule has 3 heteroatoms. The highest BCUT2D eigenvalue weighted by atomic mass is 16.2. The molecule has 2 rings (SSSR count). The molecule has 0 atom stereocenters. The summed E-state index contributed by atoms with van der Waals surface area (Å²) in [5.74, 6) is 0.382. The van der Waals surface area contributed by atoms with Gasteiger partial charge in [0.25, 0.3) is 0 Å². The van der Waals surface area contributed by atoms with Crippen LogP contribution in [-0.4, -0.2) is 37.0 Å². The Labute approximate surface area is 115 Å². The van der Waals surface area contributed by atoms with Gasteiger partial charge in [-0.05, 0) is 19.4 Å². The number of nitrogens with zero attached hydrogens (tertiary/aromatic N) is 1. The number of rotatable bonds is 5. The van der Waals surface area contributed by atoms with Gasteiger partial charge < -0.3 is 5.32 Å². The van der Waals surface area contributed by atoms with Crippen LogP contribution in [0.2, 0.25) is 0 Å². The van der Waals surface area contributed by atoms with Gasteiger partial charge in [0.15, 0.2) is 0 Å². The molecule has 19 heavy (non-hydrogen) atoms. The van der Waals surface area contributed by atoms with Crippen molar-refractivity contribution in [2.75, 3.05) is 26.2 Å². The maximum Gasteiger partial charge on any atom is 0.225 e. The molecular weight excluding hydrogens is 236 g/mol. The number of nitrogens with one attached hydrogen (secondary N) is 1. The third kappa shape index (κ3) is 3.93. The molecule has 1 aliphatic rings. The zero-order chi connectivity index (χ0) is 13.7. The summed E-state index contributed by atoms with van der Waals surface area (Å²) in [4.78, 5) is 13.9. The van der Waals surface area contributed by atoms with Crippen molar-refractivity contribution in [2.45, 2.75) is 13.8 Å². The van der Waals surface area contributed by atoms with E-state index in [0.717, 1.165) is 26.2 Å². The van der Waals surface area contributed by atoms with Crippen LogP contribution in [0.1, 0.15) is 19.4 Å². The molecule has 1 N–H and O–H groups in total. The van der Waals surface area contributed by atoms with E-state index in [9.17, 15) is 4.79 Å². The zero-order valence-corrected chi connectivity index (χ0v) is 11.7. The molecule has 102 valence electrons. The Hall–Kier alpha value is -1.61. The van der Waals surface area contributed by atoms with Crippen molar-refractivity contribution in [1.29, 1.82) is 0 Å². The Balaban J connectivity index is 1.78. The van der Waals surface area contributed by atoms with Gasteiger partial charge in [-0.25, -0.2) is 0 Å². The SMILES string of the molecule is CCNC(=O)C1CN(C/C(C)=C/c2ccccc2)C1. The molecule has 1 aliphatic heterocycles. The Bertz CT molecular complexity index is 447. The van der Waals surface area contributed by atoms with E-state index in [1.807, 2.05) is 25.1 Å². The van der Waals surface area contributed by atoms with Crippen molar-refractivity contribution in [3.05, 3.63) is 41.5 Å². The van der Waals surface area contributed by atoms with Crippen LogP contribution in [0.15, 0.2) is 35.9 Å². The number of carbonyl (C=O) groups is 1. The fourth-order valence-corrected chi connectivity index (χ4v) is 2.42. The average Bonchev–Trinajstić information content (AvgIpc) is 2.34. The second kappa shape index (κ2) is 6.53. The molecule has 0 aromatic heterocycles. The van der Waals surface area contributed by atoms with Gasteiger partial charge in [0.1, 0.15) is 0 Å². The van der Waals surface area contributed by atoms with Crippen LogP contribution in [0.5, 0.6) is 0 Å². The van der Waals surface area contributed by atoms with Gasteiger partial charge >= 0.3 is 0 Å². The number of benzene rings is 1. The molecule has 0 saturated carbocycles. The van der Waals surface area contributed by atoms with Gasteiger partial charge in [-0.3, -0.25) is 9.69 Å². The summed E-state index contributed by atoms with van der Waals surface area (Å²) in [5.41, 5.74) is 2.57. The summed E-state index contributed by atoms with van der Waals surface area (Å²) in [7, 11) is 0. The van der Waals surface area contributed by atoms with Crippen LogP contribution in [0.4, 0.5) is 0 Å². The van der Waals surface area contributed by atoms with Crippen molar-refractivity contribution < 1.29 is 4.79 Å². The van der Waals surface area contributed by atoms with Crippen LogP contribution in [0, 0.1) is 5.92 Å². The Morgan fingerprint density at radius 2 is 2.05 bits per heavy atom. The minimum Gasteiger partial charge on any atom is -0.356 e. The average molecular weight is 258 g/mol. The number of hydrogen-bond acceptors (Lipinski definition) is 2. The van der Waals surface area contributed by atoms with Crippen LogP contribution in [0.3, 0.4) is 0 Å². The lowest BCUT2D eigenvalue weighted by Gasteiger charge is -2.38. The second-order valence-corrected chi connectivity index (χ2v) is 5.19. The standard InChI is InChI=1S/C16H22N2O/c1-3-17-16(19)15-11-18(12-15)10-13(2)9-14-7-5-4-6-8-14/h4-9,15H,3,10-12H2,1-2H3,(H,17,19)/b13-9+. The van der Waals surface area contributed by atoms with Gasteiger partial charge in [0.2, 0.25) is 5.91 Å². The maximum absolute atomic E-state index is 11.6. The lowest BCUT2D eigenvalue weighted by molar-refractivity contribution is -0.129. The first kappa shape index (κ1) is 13.8. The van der Waals surface area contributed by atoms with E-state index in [0.29, 0.717) is 0 Å². The highest BCUT2D eigenvalue weighted by Gasteiger charge is 2.31. The lowest BCUT2D eigenvalue weighted by atomic mass is 9.98. The molecular formula is C16H22N2O. The molecule has 1 fully saturated rings. The topological polar surface area (TPSA) is 32.3 Å². The summed E-state index contributed by atoms with van der Waals surface area (Å²) in [6, 6.07) is 10.3. The van der Waals surface area contributed by atoms with Gasteiger partial charge in [0.05, 0.1) is 5.92 Å². The Morgan fingerprint density at radius 3 is 2.68 bits per heavy atom. The quantitative estimate of drug-likeness (QED) is 0.877. The zero-order valence-electron chi connectivity index (χ0n) is 11.7. The number of hydrogen-bond donors (Lipinski definition) is 1. The molecule has 0 bridgehead atoms. The third-order valence-electron chi connectivity index (χ3n) is 3.36. The van der Waals surface area contributed by atoms with Gasteiger partial charge in [-0.15, -0.1) is 0 Å². The van der Waals surface area contributed by atoms with Crippen LogP contribution in [0.25, 0.3) is 6.08 Å². The Kier molecular flexibility index (Phi) is 4.74. The molecule has 1 saturated heterocycles. The first-order valence-corrected chi connectivity index (χ1v) is 6.91. The minimum atomic E-state index is 0.185. The Morgan fingerprint density at radius 1 is 1.37 bits per heavy atom. The summed E-state index contributed by atoms with van der Waals surface area (Å²) in [6.07, 6.45) is 2.21. The smallest absolute Gasteiger partial charge is 0.225 e. The van der Waals surface area contributed by atoms with E-state index in [-0.39, 0.29) is 11.8 Å². The normalized spacial score (nSPS) is 17.1. The predicted molar refractivity (Wildman–Crippen MR) is 78.7 cm³/mol. The van der Waals surface area contributed by atoms with E-state index >= 15 is 0 Å². The minimum absolute atomic E-state index is 0.185. The molecule has 0 spiro atoms. The molecule has 3 nitrogen and oxygen atoms in total. The first-order chi connectivity index (χ1) is 9.19. The van der Waals surface area contributed by atoms with Crippen molar-refractivity contribution in [1.82, 2.24) is 10.2 Å². The van der Waals surface area contributed by atoms with Crippen molar-refractivity contribution >= 4 is 12.0 Å². The number of amides is 1. The van der Waals surface area contributed by atoms with E-state index in [1.54, 1.807) is 0 Å². The molecule has 1 amide bonds. The summed E-state index contributed by atoms with van der Waals surface area (Å²) in [6.45, 7) is 7.54. The van der Waals surface area contributed by atoms with Crippen molar-refractivity contribution in [3.8, 4) is 0 Å². The summed E-state index contributed by atoms with van der Waals surface area (Å²) >= 11 is 0. The van der Waals surface area contributed by atoms with E-state index in [2.05, 4.69) is 35.3 Å². The maximum atomic E-state index is 11.6. The van der Waals surface area contributed by atoms with Crippen LogP contribution >= 0.6 is 0 Å². The number of carbonyl (C=O) groups excluding carboxylic acids is 1. The van der Waals surface area contributed by atoms with Crippen molar-refractivity contribution in [2.24, 2.45) is 5.92 Å². The third-order valence-corrected chi connectivity index (χ3v) is 3.36. The highest BCUT2D eigenvalue weighted by molar-refractivity contribution is 5.79. The monoisotopic (exact) mass is 258 g/mol. The van der Waals surface area contributed by atoms with Gasteiger partial charge in [-0.1, -0.05) is 42.0 Å². The molecule has 0 radical (unpaired) electrons. The molecule has 1 heterocycles. The van der Waals surface area contributed by atoms with E-state index in [4.69, 9.17) is 0 Å². The van der Waals surface area contributed by atoms with E-state index in [1.165, 1.54) is 11.1 Å². The van der Waals surface area contributed by atoms with E-state index < -0.39 is 0 Å². The predicted octanol–water partition coefficient (Wildman–Crippen LogP) is 2.16. The first-order valence-electron chi connectivity index (χ1n) is 6.91. The molecule has 1 aromatic rings. The fourth-order valence-electron chi connectivity index (χ4n) is 2.42. The second-order valence-electron chi connectivity index (χ2n) is 5.19. The fraction of sp³-hybridized carbons (Fsp3) is 0.438. The van der Waals surface area contributed by atoms with Gasteiger partial charge in [0, 0.05) is 26.2 Å². The molecule has 1 aromatic carbocycles. The molecule has 0 unspecified atom stereocenters.